The van der Waals surface area contributed by atoms with Crippen LogP contribution < -0.4 is 10.1 Å². The van der Waals surface area contributed by atoms with Gasteiger partial charge in [0.25, 0.3) is 5.91 Å². The summed E-state index contributed by atoms with van der Waals surface area (Å²) in [6.07, 6.45) is 2.32. The number of benzene rings is 2. The maximum absolute atomic E-state index is 12.7. The van der Waals surface area contributed by atoms with Gasteiger partial charge in [-0.2, -0.15) is 0 Å². The standard InChI is InChI=1S/C23H24N2O3/c1-15-21(16(2)28-25-15)14-27-20-12-10-19(11-13-20)23(26)24-22(18-8-9-18)17-6-4-3-5-7-17/h3-7,10-13,18,22H,8-9,14H2,1-2H3,(H,24,26). The van der Waals surface area contributed by atoms with E-state index in [4.69, 9.17) is 9.26 Å². The fraction of sp³-hybridized carbons (Fsp3) is 0.304. The molecule has 0 spiro atoms. The number of carbonyl (C=O) groups is 1. The topological polar surface area (TPSA) is 64.4 Å². The van der Waals surface area contributed by atoms with Crippen LogP contribution in [0, 0.1) is 19.8 Å². The molecule has 1 atom stereocenters. The van der Waals surface area contributed by atoms with Crippen molar-refractivity contribution in [1.82, 2.24) is 10.5 Å². The summed E-state index contributed by atoms with van der Waals surface area (Å²) in [6, 6.07) is 17.5. The molecule has 2 aromatic carbocycles. The Morgan fingerprint density at radius 3 is 2.46 bits per heavy atom. The molecule has 1 unspecified atom stereocenters. The number of nitrogens with one attached hydrogen (secondary N) is 1. The van der Waals surface area contributed by atoms with E-state index in [1.54, 1.807) is 12.1 Å². The lowest BCUT2D eigenvalue weighted by molar-refractivity contribution is 0.0931. The number of carbonyl (C=O) groups excluding carboxylic acids is 1. The molecule has 5 heteroatoms. The average Bonchev–Trinajstić information content (AvgIpc) is 3.51. The number of rotatable bonds is 7. The van der Waals surface area contributed by atoms with Crippen molar-refractivity contribution in [1.29, 1.82) is 0 Å². The van der Waals surface area contributed by atoms with E-state index < -0.39 is 0 Å². The quantitative estimate of drug-likeness (QED) is 0.646. The Labute approximate surface area is 164 Å². The summed E-state index contributed by atoms with van der Waals surface area (Å²) >= 11 is 0. The Kier molecular flexibility index (Phi) is 5.15. The summed E-state index contributed by atoms with van der Waals surface area (Å²) in [5.41, 5.74) is 3.58. The first-order valence-electron chi connectivity index (χ1n) is 9.62. The van der Waals surface area contributed by atoms with Crippen LogP contribution >= 0.6 is 0 Å². The molecule has 144 valence electrons. The van der Waals surface area contributed by atoms with E-state index in [1.165, 1.54) is 0 Å². The Morgan fingerprint density at radius 2 is 1.86 bits per heavy atom. The van der Waals surface area contributed by atoms with Gasteiger partial charge < -0.3 is 14.6 Å². The van der Waals surface area contributed by atoms with Crippen molar-refractivity contribution in [3.8, 4) is 5.75 Å². The Morgan fingerprint density at radius 1 is 1.14 bits per heavy atom. The van der Waals surface area contributed by atoms with Crippen molar-refractivity contribution >= 4 is 5.91 Å². The highest BCUT2D eigenvalue weighted by atomic mass is 16.5. The molecule has 1 amide bonds. The molecule has 3 aromatic rings. The lowest BCUT2D eigenvalue weighted by Crippen LogP contribution is -2.29. The van der Waals surface area contributed by atoms with E-state index in [9.17, 15) is 4.79 Å². The van der Waals surface area contributed by atoms with E-state index in [1.807, 2.05) is 44.2 Å². The van der Waals surface area contributed by atoms with Gasteiger partial charge in [0, 0.05) is 5.56 Å². The average molecular weight is 376 g/mol. The number of aromatic nitrogens is 1. The fourth-order valence-electron chi connectivity index (χ4n) is 3.35. The van der Waals surface area contributed by atoms with Gasteiger partial charge in [-0.25, -0.2) is 0 Å². The highest BCUT2D eigenvalue weighted by Crippen LogP contribution is 2.41. The van der Waals surface area contributed by atoms with E-state index in [0.29, 0.717) is 23.8 Å². The Balaban J connectivity index is 1.39. The molecule has 5 nitrogen and oxygen atoms in total. The van der Waals surface area contributed by atoms with Crippen LogP contribution in [0.25, 0.3) is 0 Å². The molecule has 1 fully saturated rings. The second kappa shape index (κ2) is 7.89. The molecule has 1 saturated carbocycles. The molecule has 28 heavy (non-hydrogen) atoms. The van der Waals surface area contributed by atoms with Crippen molar-refractivity contribution in [2.45, 2.75) is 39.3 Å². The lowest BCUT2D eigenvalue weighted by atomic mass is 10.0. The highest BCUT2D eigenvalue weighted by Gasteiger charge is 2.33. The maximum atomic E-state index is 12.7. The van der Waals surface area contributed by atoms with Gasteiger partial charge >= 0.3 is 0 Å². The largest absolute Gasteiger partial charge is 0.489 e. The molecular weight excluding hydrogens is 352 g/mol. The first-order chi connectivity index (χ1) is 13.6. The Hall–Kier alpha value is -3.08. The molecule has 0 bridgehead atoms. The van der Waals surface area contributed by atoms with Crippen molar-refractivity contribution < 1.29 is 14.1 Å². The number of nitrogens with zero attached hydrogens (tertiary/aromatic N) is 1. The highest BCUT2D eigenvalue weighted by molar-refractivity contribution is 5.94. The lowest BCUT2D eigenvalue weighted by Gasteiger charge is -2.19. The van der Waals surface area contributed by atoms with Gasteiger partial charge in [-0.15, -0.1) is 0 Å². The summed E-state index contributed by atoms with van der Waals surface area (Å²) in [5.74, 6) is 1.95. The van der Waals surface area contributed by atoms with Crippen LogP contribution in [0.2, 0.25) is 0 Å². The molecular formula is C23H24N2O3. The van der Waals surface area contributed by atoms with Gasteiger partial charge in [0.05, 0.1) is 17.3 Å². The van der Waals surface area contributed by atoms with Crippen LogP contribution in [0.1, 0.15) is 51.8 Å². The summed E-state index contributed by atoms with van der Waals surface area (Å²) in [5, 5.41) is 7.13. The molecule has 1 N–H and O–H groups in total. The minimum Gasteiger partial charge on any atom is -0.489 e. The van der Waals surface area contributed by atoms with Crippen LogP contribution in [-0.4, -0.2) is 11.1 Å². The fourth-order valence-corrected chi connectivity index (χ4v) is 3.35. The zero-order valence-corrected chi connectivity index (χ0v) is 16.1. The van der Waals surface area contributed by atoms with Gasteiger partial charge in [-0.3, -0.25) is 4.79 Å². The van der Waals surface area contributed by atoms with E-state index >= 15 is 0 Å². The van der Waals surface area contributed by atoms with Gasteiger partial charge in [-0.1, -0.05) is 35.5 Å². The van der Waals surface area contributed by atoms with Crippen molar-refractivity contribution in [3.63, 3.8) is 0 Å². The maximum Gasteiger partial charge on any atom is 0.251 e. The second-order valence-electron chi connectivity index (χ2n) is 7.32. The van der Waals surface area contributed by atoms with Crippen LogP contribution in [0.15, 0.2) is 59.1 Å². The predicted octanol–water partition coefficient (Wildman–Crippen LogP) is 4.75. The molecule has 0 aliphatic heterocycles. The second-order valence-corrected chi connectivity index (χ2v) is 7.32. The number of aryl methyl sites for hydroxylation is 2. The number of hydrogen-bond donors (Lipinski definition) is 1. The molecule has 1 aliphatic carbocycles. The SMILES string of the molecule is Cc1noc(C)c1COc1ccc(C(=O)NC(c2ccccc2)C2CC2)cc1. The minimum atomic E-state index is -0.0574. The first-order valence-corrected chi connectivity index (χ1v) is 9.62. The van der Waals surface area contributed by atoms with E-state index in [0.717, 1.165) is 35.4 Å². The minimum absolute atomic E-state index is 0.0574. The van der Waals surface area contributed by atoms with Crippen molar-refractivity contribution in [3.05, 3.63) is 82.7 Å². The third-order valence-corrected chi connectivity index (χ3v) is 5.22. The molecule has 4 rings (SSSR count). The summed E-state index contributed by atoms with van der Waals surface area (Å²) in [7, 11) is 0. The summed E-state index contributed by atoms with van der Waals surface area (Å²) in [4.78, 5) is 12.7. The van der Waals surface area contributed by atoms with Crippen LogP contribution in [-0.2, 0) is 6.61 Å². The van der Waals surface area contributed by atoms with Crippen LogP contribution in [0.4, 0.5) is 0 Å². The molecule has 1 heterocycles. The normalized spacial score (nSPS) is 14.5. The third-order valence-electron chi connectivity index (χ3n) is 5.22. The Bertz CT molecular complexity index is 924. The number of ether oxygens (including phenoxy) is 1. The zero-order valence-electron chi connectivity index (χ0n) is 16.1. The predicted molar refractivity (Wildman–Crippen MR) is 106 cm³/mol. The monoisotopic (exact) mass is 376 g/mol. The molecule has 0 saturated heterocycles. The van der Waals surface area contributed by atoms with Gasteiger partial charge in [0.2, 0.25) is 0 Å². The number of hydrogen-bond acceptors (Lipinski definition) is 4. The third kappa shape index (κ3) is 4.09. The molecule has 1 aliphatic rings. The number of amides is 1. The molecule has 0 radical (unpaired) electrons. The van der Waals surface area contributed by atoms with Crippen LogP contribution in [0.5, 0.6) is 5.75 Å². The van der Waals surface area contributed by atoms with E-state index in [-0.39, 0.29) is 11.9 Å². The van der Waals surface area contributed by atoms with Crippen molar-refractivity contribution in [2.75, 3.05) is 0 Å². The van der Waals surface area contributed by atoms with Crippen LogP contribution in [0.3, 0.4) is 0 Å². The summed E-state index contributed by atoms with van der Waals surface area (Å²) < 4.78 is 11.0. The van der Waals surface area contributed by atoms with Gasteiger partial charge in [0.1, 0.15) is 18.1 Å². The zero-order chi connectivity index (χ0) is 19.5. The molecule has 1 aromatic heterocycles. The van der Waals surface area contributed by atoms with Gasteiger partial charge in [0.15, 0.2) is 0 Å². The van der Waals surface area contributed by atoms with Crippen molar-refractivity contribution in [2.24, 2.45) is 5.92 Å². The smallest absolute Gasteiger partial charge is 0.251 e. The van der Waals surface area contributed by atoms with Gasteiger partial charge in [-0.05, 0) is 62.4 Å². The first kappa shape index (κ1) is 18.3. The van der Waals surface area contributed by atoms with E-state index in [2.05, 4.69) is 22.6 Å². The summed E-state index contributed by atoms with van der Waals surface area (Å²) in [6.45, 7) is 4.16.